The lowest BCUT2D eigenvalue weighted by Crippen LogP contribution is -2.42. The zero-order chi connectivity index (χ0) is 22.7. The second-order valence-corrected chi connectivity index (χ2v) is 10.4. The van der Waals surface area contributed by atoms with Crippen molar-refractivity contribution in [1.29, 1.82) is 0 Å². The summed E-state index contributed by atoms with van der Waals surface area (Å²) in [7, 11) is -1.48. The molecule has 1 atom stereocenters. The lowest BCUT2D eigenvalue weighted by Gasteiger charge is -2.29. The molecule has 7 heteroatoms. The number of carbonyl (C=O) groups excluding carboxylic acids is 1. The molecule has 1 fully saturated rings. The predicted octanol–water partition coefficient (Wildman–Crippen LogP) is 4.34. The number of hydrogen-bond acceptors (Lipinski definition) is 5. The van der Waals surface area contributed by atoms with Crippen LogP contribution in [-0.2, 0) is 9.84 Å². The van der Waals surface area contributed by atoms with Gasteiger partial charge in [-0.15, -0.1) is 0 Å². The third kappa shape index (κ3) is 4.63. The first-order valence-electron chi connectivity index (χ1n) is 11.0. The van der Waals surface area contributed by atoms with Crippen LogP contribution in [0.5, 0.6) is 5.75 Å². The summed E-state index contributed by atoms with van der Waals surface area (Å²) in [6.07, 6.45) is 2.25. The Bertz CT molecular complexity index is 1220. The summed E-state index contributed by atoms with van der Waals surface area (Å²) >= 11 is 0. The lowest BCUT2D eigenvalue weighted by molar-refractivity contribution is 0.0696. The molecule has 1 aliphatic heterocycles. The van der Waals surface area contributed by atoms with Crippen molar-refractivity contribution >= 4 is 26.6 Å². The van der Waals surface area contributed by atoms with E-state index in [-0.39, 0.29) is 23.5 Å². The summed E-state index contributed by atoms with van der Waals surface area (Å²) < 4.78 is 29.5. The van der Waals surface area contributed by atoms with Crippen LogP contribution in [0.2, 0.25) is 0 Å². The number of fused-ring (bicyclic) bond motifs is 1. The maximum atomic E-state index is 13.8. The van der Waals surface area contributed by atoms with Crippen LogP contribution in [0.25, 0.3) is 22.2 Å². The summed E-state index contributed by atoms with van der Waals surface area (Å²) in [6, 6.07) is 16.7. The molecular formula is C25H28N2O4S. The fraction of sp³-hybridized carbons (Fsp3) is 0.360. The van der Waals surface area contributed by atoms with Gasteiger partial charge in [-0.25, -0.2) is 13.4 Å². The van der Waals surface area contributed by atoms with Gasteiger partial charge < -0.3 is 9.64 Å². The molecule has 4 rings (SSSR count). The van der Waals surface area contributed by atoms with Crippen molar-refractivity contribution in [2.45, 2.75) is 32.2 Å². The van der Waals surface area contributed by atoms with Crippen molar-refractivity contribution in [3.05, 3.63) is 60.2 Å². The fourth-order valence-corrected chi connectivity index (χ4v) is 5.95. The molecule has 1 aliphatic rings. The highest BCUT2D eigenvalue weighted by Crippen LogP contribution is 2.29. The predicted molar refractivity (Wildman–Crippen MR) is 127 cm³/mol. The van der Waals surface area contributed by atoms with Crippen molar-refractivity contribution in [3.8, 4) is 17.0 Å². The quantitative estimate of drug-likeness (QED) is 0.533. The first-order valence-corrected chi connectivity index (χ1v) is 12.8. The number of aromatic nitrogens is 1. The van der Waals surface area contributed by atoms with Gasteiger partial charge in [-0.1, -0.05) is 31.5 Å². The third-order valence-electron chi connectivity index (χ3n) is 5.99. The number of methoxy groups -OCH3 is 1. The average Bonchev–Trinajstić information content (AvgIpc) is 3.17. The molecule has 1 aromatic heterocycles. The molecule has 32 heavy (non-hydrogen) atoms. The van der Waals surface area contributed by atoms with Gasteiger partial charge in [0.25, 0.3) is 5.91 Å². The molecule has 1 saturated heterocycles. The summed E-state index contributed by atoms with van der Waals surface area (Å²) in [4.78, 5) is 20.4. The second kappa shape index (κ2) is 9.28. The number of carbonyl (C=O) groups is 1. The third-order valence-corrected chi connectivity index (χ3v) is 7.75. The minimum atomic E-state index is -3.10. The molecule has 0 bridgehead atoms. The highest BCUT2D eigenvalue weighted by atomic mass is 32.2. The molecule has 168 valence electrons. The van der Waals surface area contributed by atoms with Gasteiger partial charge >= 0.3 is 0 Å². The normalized spacial score (nSPS) is 17.4. The molecule has 0 radical (unpaired) electrons. The molecule has 1 unspecified atom stereocenters. The van der Waals surface area contributed by atoms with E-state index in [1.165, 1.54) is 0 Å². The van der Waals surface area contributed by atoms with E-state index in [4.69, 9.17) is 9.72 Å². The molecule has 3 aromatic rings. The number of sulfone groups is 1. The highest BCUT2D eigenvalue weighted by Gasteiger charge is 2.35. The Kier molecular flexibility index (Phi) is 6.46. The molecule has 6 nitrogen and oxygen atoms in total. The maximum Gasteiger partial charge on any atom is 0.254 e. The van der Waals surface area contributed by atoms with Gasteiger partial charge in [-0.2, -0.15) is 0 Å². The number of nitrogens with zero attached hydrogens (tertiary/aromatic N) is 2. The Morgan fingerprint density at radius 2 is 1.91 bits per heavy atom. The first-order chi connectivity index (χ1) is 15.4. The van der Waals surface area contributed by atoms with Gasteiger partial charge in [0.05, 0.1) is 35.4 Å². The van der Waals surface area contributed by atoms with Gasteiger partial charge in [0.1, 0.15) is 5.75 Å². The van der Waals surface area contributed by atoms with Crippen LogP contribution in [-0.4, -0.2) is 55.4 Å². The van der Waals surface area contributed by atoms with Crippen LogP contribution in [0.1, 0.15) is 36.5 Å². The van der Waals surface area contributed by atoms with Crippen molar-refractivity contribution < 1.29 is 17.9 Å². The van der Waals surface area contributed by atoms with Crippen molar-refractivity contribution in [3.63, 3.8) is 0 Å². The second-order valence-electron chi connectivity index (χ2n) is 8.21. The molecule has 0 aliphatic carbocycles. The molecule has 2 aromatic carbocycles. The SMILES string of the molecule is CCCCN(C(=O)c1cc(-c2ccc(OC)cc2)nc2ccccc12)C1CCS(=O)(=O)C1. The number of amides is 1. The number of hydrogen-bond donors (Lipinski definition) is 0. The Morgan fingerprint density at radius 3 is 2.56 bits per heavy atom. The molecular weight excluding hydrogens is 424 g/mol. The summed E-state index contributed by atoms with van der Waals surface area (Å²) in [6.45, 7) is 2.61. The standard InChI is InChI=1S/C25H28N2O4S/c1-3-4-14-27(19-13-15-32(29,30)17-19)25(28)22-16-24(18-9-11-20(31-2)12-10-18)26-23-8-6-5-7-21(22)23/h5-12,16,19H,3-4,13-15,17H2,1-2H3. The van der Waals surface area contributed by atoms with Crippen molar-refractivity contribution in [2.24, 2.45) is 0 Å². The van der Waals surface area contributed by atoms with Crippen LogP contribution in [0.3, 0.4) is 0 Å². The van der Waals surface area contributed by atoms with E-state index in [0.717, 1.165) is 35.1 Å². The topological polar surface area (TPSA) is 76.6 Å². The van der Waals surface area contributed by atoms with Gasteiger partial charge in [0.2, 0.25) is 0 Å². The smallest absolute Gasteiger partial charge is 0.254 e. The van der Waals surface area contributed by atoms with Gasteiger partial charge in [0, 0.05) is 23.5 Å². The zero-order valence-corrected chi connectivity index (χ0v) is 19.3. The van der Waals surface area contributed by atoms with E-state index in [0.29, 0.717) is 24.2 Å². The largest absolute Gasteiger partial charge is 0.497 e. The summed E-state index contributed by atoms with van der Waals surface area (Å²) in [5.74, 6) is 0.798. The van der Waals surface area contributed by atoms with Crippen LogP contribution < -0.4 is 4.74 Å². The van der Waals surface area contributed by atoms with E-state index < -0.39 is 9.84 Å². The number of pyridine rings is 1. The van der Waals surface area contributed by atoms with Crippen molar-refractivity contribution in [1.82, 2.24) is 9.88 Å². The molecule has 0 N–H and O–H groups in total. The average molecular weight is 453 g/mol. The number of para-hydroxylation sites is 1. The van der Waals surface area contributed by atoms with Gasteiger partial charge in [-0.3, -0.25) is 4.79 Å². The van der Waals surface area contributed by atoms with Gasteiger partial charge in [-0.05, 0) is 49.2 Å². The van der Waals surface area contributed by atoms with Crippen molar-refractivity contribution in [2.75, 3.05) is 25.2 Å². The molecule has 0 spiro atoms. The number of ether oxygens (including phenoxy) is 1. The first kappa shape index (κ1) is 22.3. The molecule has 0 saturated carbocycles. The zero-order valence-electron chi connectivity index (χ0n) is 18.5. The maximum absolute atomic E-state index is 13.8. The van der Waals surface area contributed by atoms with E-state index in [1.807, 2.05) is 54.6 Å². The molecule has 2 heterocycles. The van der Waals surface area contributed by atoms with Crippen LogP contribution >= 0.6 is 0 Å². The monoisotopic (exact) mass is 452 g/mol. The Morgan fingerprint density at radius 1 is 1.16 bits per heavy atom. The summed E-state index contributed by atoms with van der Waals surface area (Å²) in [5.41, 5.74) is 2.87. The van der Waals surface area contributed by atoms with E-state index >= 15 is 0 Å². The van der Waals surface area contributed by atoms with Crippen LogP contribution in [0.4, 0.5) is 0 Å². The summed E-state index contributed by atoms with van der Waals surface area (Å²) in [5, 5.41) is 0.775. The number of benzene rings is 2. The van der Waals surface area contributed by atoms with E-state index in [9.17, 15) is 13.2 Å². The van der Waals surface area contributed by atoms with Crippen LogP contribution in [0.15, 0.2) is 54.6 Å². The lowest BCUT2D eigenvalue weighted by atomic mass is 10.0. The van der Waals surface area contributed by atoms with E-state index in [2.05, 4.69) is 6.92 Å². The van der Waals surface area contributed by atoms with E-state index in [1.54, 1.807) is 12.0 Å². The number of rotatable bonds is 7. The Labute approximate surface area is 189 Å². The number of unbranched alkanes of at least 4 members (excludes halogenated alkanes) is 1. The highest BCUT2D eigenvalue weighted by molar-refractivity contribution is 7.91. The minimum Gasteiger partial charge on any atom is -0.497 e. The Balaban J connectivity index is 1.78. The molecule has 1 amide bonds. The van der Waals surface area contributed by atoms with Crippen LogP contribution in [0, 0.1) is 0 Å². The Hall–Kier alpha value is -2.93. The fourth-order valence-electron chi connectivity index (χ4n) is 4.22. The van der Waals surface area contributed by atoms with Gasteiger partial charge in [0.15, 0.2) is 9.84 Å². The minimum absolute atomic E-state index is 0.0385.